The van der Waals surface area contributed by atoms with E-state index < -0.39 is 18.1 Å². The number of ether oxygens (including phenoxy) is 3. The third kappa shape index (κ3) is 31.8. The molecular formula is C42H77NO7. The Bertz CT molecular complexity index is 880. The summed E-state index contributed by atoms with van der Waals surface area (Å²) in [4.78, 5) is 36.6. The second-order valence-corrected chi connectivity index (χ2v) is 14.9. The summed E-state index contributed by atoms with van der Waals surface area (Å²) >= 11 is 0. The average Bonchev–Trinajstić information content (AvgIpc) is 3.06. The minimum absolute atomic E-state index is 0.0423. The Morgan fingerprint density at radius 1 is 0.600 bits per heavy atom. The maximum absolute atomic E-state index is 12.6. The van der Waals surface area contributed by atoms with Crippen molar-refractivity contribution in [3.8, 4) is 0 Å². The fraction of sp³-hybridized carbons (Fsp3) is 0.833. The number of carboxylic acid groups (broad SMARTS) is 1. The van der Waals surface area contributed by atoms with Crippen molar-refractivity contribution in [2.24, 2.45) is 0 Å². The van der Waals surface area contributed by atoms with Crippen LogP contribution in [0.25, 0.3) is 0 Å². The highest BCUT2D eigenvalue weighted by atomic mass is 16.6. The highest BCUT2D eigenvalue weighted by Gasteiger charge is 2.25. The Morgan fingerprint density at radius 2 is 1.04 bits per heavy atom. The summed E-state index contributed by atoms with van der Waals surface area (Å²) in [5, 5.41) is 11.6. The van der Waals surface area contributed by atoms with Gasteiger partial charge in [-0.15, -0.1) is 0 Å². The zero-order valence-corrected chi connectivity index (χ0v) is 33.1. The first-order chi connectivity index (χ1) is 24.1. The highest BCUT2D eigenvalue weighted by molar-refractivity contribution is 5.70. The minimum Gasteiger partial charge on any atom is -0.544 e. The topological polar surface area (TPSA) is 102 Å². The van der Waals surface area contributed by atoms with Crippen LogP contribution in [0.5, 0.6) is 0 Å². The number of carbonyl (C=O) groups excluding carboxylic acids is 3. The van der Waals surface area contributed by atoms with Crippen LogP contribution in [0.2, 0.25) is 0 Å². The number of esters is 2. The molecule has 0 rings (SSSR count). The standard InChI is InChI=1S/C42H77NO7/c1-6-8-10-12-14-15-16-17-18-19-20-21-22-23-24-25-27-29-31-33-41(45)50-38(36-48-35-34-39(42(46)47)43(3,4)5)37-49-40(44)32-30-28-26-13-11-9-7-2/h14-17,38-39H,6-13,18-37H2,1-5H3/b15-14+,17-16+. The molecule has 0 N–H and O–H groups in total. The summed E-state index contributed by atoms with van der Waals surface area (Å²) in [5.41, 5.74) is 0. The summed E-state index contributed by atoms with van der Waals surface area (Å²) in [6.45, 7) is 4.58. The van der Waals surface area contributed by atoms with E-state index in [1.54, 1.807) is 21.1 Å². The summed E-state index contributed by atoms with van der Waals surface area (Å²) < 4.78 is 17.1. The first kappa shape index (κ1) is 47.8. The number of hydrogen-bond donors (Lipinski definition) is 0. The van der Waals surface area contributed by atoms with Gasteiger partial charge in [-0.25, -0.2) is 0 Å². The number of nitrogens with zero attached hydrogens (tertiary/aromatic N) is 1. The van der Waals surface area contributed by atoms with Gasteiger partial charge in [-0.05, 0) is 38.5 Å². The second-order valence-electron chi connectivity index (χ2n) is 14.9. The smallest absolute Gasteiger partial charge is 0.306 e. The SMILES string of the molecule is CCCCC/C=C/C=C/CCCCCCCCCCCCC(=O)OC(COCCC(C(=O)[O-])[N+](C)(C)C)COC(=O)CCCCCCCCC. The normalized spacial score (nSPS) is 13.2. The van der Waals surface area contributed by atoms with Crippen molar-refractivity contribution in [2.75, 3.05) is 41.0 Å². The van der Waals surface area contributed by atoms with E-state index in [4.69, 9.17) is 14.2 Å². The molecule has 0 spiro atoms. The monoisotopic (exact) mass is 708 g/mol. The third-order valence-corrected chi connectivity index (χ3v) is 9.12. The molecule has 0 saturated carbocycles. The van der Waals surface area contributed by atoms with Crippen molar-refractivity contribution < 1.29 is 38.2 Å². The molecule has 0 aliphatic heterocycles. The Morgan fingerprint density at radius 3 is 1.54 bits per heavy atom. The number of carbonyl (C=O) groups is 3. The molecule has 2 atom stereocenters. The van der Waals surface area contributed by atoms with Crippen molar-refractivity contribution >= 4 is 17.9 Å². The van der Waals surface area contributed by atoms with Gasteiger partial charge in [-0.1, -0.05) is 141 Å². The second kappa shape index (κ2) is 33.9. The predicted molar refractivity (Wildman–Crippen MR) is 204 cm³/mol. The molecule has 0 bridgehead atoms. The quantitative estimate of drug-likeness (QED) is 0.0277. The molecule has 0 aliphatic rings. The zero-order chi connectivity index (χ0) is 37.1. The molecule has 292 valence electrons. The number of aliphatic carboxylic acids is 1. The molecule has 0 saturated heterocycles. The van der Waals surface area contributed by atoms with Gasteiger partial charge in [0.15, 0.2) is 6.10 Å². The maximum Gasteiger partial charge on any atom is 0.306 e. The highest BCUT2D eigenvalue weighted by Crippen LogP contribution is 2.14. The molecule has 0 aromatic heterocycles. The Kier molecular flexibility index (Phi) is 32.4. The van der Waals surface area contributed by atoms with Crippen molar-refractivity contribution in [1.82, 2.24) is 0 Å². The molecule has 2 unspecified atom stereocenters. The number of allylic oxidation sites excluding steroid dienone is 4. The van der Waals surface area contributed by atoms with Crippen LogP contribution in [0.1, 0.15) is 174 Å². The minimum atomic E-state index is -1.13. The lowest BCUT2D eigenvalue weighted by Gasteiger charge is -2.34. The molecule has 0 amide bonds. The van der Waals surface area contributed by atoms with Gasteiger partial charge >= 0.3 is 11.9 Å². The fourth-order valence-electron chi connectivity index (χ4n) is 5.88. The van der Waals surface area contributed by atoms with E-state index in [0.717, 1.165) is 38.5 Å². The van der Waals surface area contributed by atoms with E-state index >= 15 is 0 Å². The molecule has 0 aromatic carbocycles. The number of unbranched alkanes of at least 4 members (excludes halogenated alkanes) is 19. The van der Waals surface area contributed by atoms with Gasteiger partial charge in [0, 0.05) is 19.3 Å². The van der Waals surface area contributed by atoms with Crippen molar-refractivity contribution in [3.63, 3.8) is 0 Å². The third-order valence-electron chi connectivity index (χ3n) is 9.12. The van der Waals surface area contributed by atoms with Crippen LogP contribution in [0, 0.1) is 0 Å². The van der Waals surface area contributed by atoms with Crippen LogP contribution < -0.4 is 5.11 Å². The fourth-order valence-corrected chi connectivity index (χ4v) is 5.88. The lowest BCUT2D eigenvalue weighted by atomic mass is 10.1. The van der Waals surface area contributed by atoms with Crippen LogP contribution in [-0.2, 0) is 28.6 Å². The maximum atomic E-state index is 12.6. The predicted octanol–water partition coefficient (Wildman–Crippen LogP) is 9.19. The summed E-state index contributed by atoms with van der Waals surface area (Å²) in [6.07, 6.45) is 35.0. The average molecular weight is 708 g/mol. The van der Waals surface area contributed by atoms with Gasteiger partial charge in [0.25, 0.3) is 0 Å². The van der Waals surface area contributed by atoms with Crippen LogP contribution in [0.15, 0.2) is 24.3 Å². The van der Waals surface area contributed by atoms with E-state index in [1.165, 1.54) is 103 Å². The molecule has 50 heavy (non-hydrogen) atoms. The number of rotatable bonds is 36. The van der Waals surface area contributed by atoms with Crippen LogP contribution in [0.4, 0.5) is 0 Å². The van der Waals surface area contributed by atoms with Crippen molar-refractivity contribution in [3.05, 3.63) is 24.3 Å². The van der Waals surface area contributed by atoms with Gasteiger partial charge < -0.3 is 28.6 Å². The Hall–Kier alpha value is -2.19. The Labute approximate surface area is 307 Å². The van der Waals surface area contributed by atoms with Gasteiger partial charge in [-0.2, -0.15) is 0 Å². The van der Waals surface area contributed by atoms with E-state index in [0.29, 0.717) is 12.8 Å². The molecular weight excluding hydrogens is 630 g/mol. The van der Waals surface area contributed by atoms with E-state index in [9.17, 15) is 19.5 Å². The lowest BCUT2D eigenvalue weighted by Crippen LogP contribution is -2.55. The molecule has 0 aromatic rings. The number of hydrogen-bond acceptors (Lipinski definition) is 7. The van der Waals surface area contributed by atoms with E-state index in [2.05, 4.69) is 38.2 Å². The van der Waals surface area contributed by atoms with Crippen LogP contribution in [-0.4, -0.2) is 75.5 Å². The van der Waals surface area contributed by atoms with Crippen LogP contribution >= 0.6 is 0 Å². The number of carboxylic acids is 1. The van der Waals surface area contributed by atoms with Gasteiger partial charge in [0.05, 0.1) is 40.3 Å². The number of likely N-dealkylation sites (N-methyl/N-ethyl adjacent to an activating group) is 1. The first-order valence-corrected chi connectivity index (χ1v) is 20.4. The molecule has 8 heteroatoms. The molecule has 8 nitrogen and oxygen atoms in total. The largest absolute Gasteiger partial charge is 0.544 e. The first-order valence-electron chi connectivity index (χ1n) is 20.4. The van der Waals surface area contributed by atoms with E-state index in [-0.39, 0.29) is 42.7 Å². The van der Waals surface area contributed by atoms with Crippen molar-refractivity contribution in [1.29, 1.82) is 0 Å². The summed E-state index contributed by atoms with van der Waals surface area (Å²) in [7, 11) is 5.40. The summed E-state index contributed by atoms with van der Waals surface area (Å²) in [6, 6.07) is -0.721. The van der Waals surface area contributed by atoms with Crippen molar-refractivity contribution in [2.45, 2.75) is 187 Å². The summed E-state index contributed by atoms with van der Waals surface area (Å²) in [5.74, 6) is -1.74. The van der Waals surface area contributed by atoms with Gasteiger partial charge in [-0.3, -0.25) is 9.59 Å². The lowest BCUT2D eigenvalue weighted by molar-refractivity contribution is -0.889. The molecule has 0 heterocycles. The van der Waals surface area contributed by atoms with Crippen LogP contribution in [0.3, 0.4) is 0 Å². The van der Waals surface area contributed by atoms with Gasteiger partial charge in [0.1, 0.15) is 12.6 Å². The van der Waals surface area contributed by atoms with E-state index in [1.807, 2.05) is 0 Å². The van der Waals surface area contributed by atoms with Gasteiger partial charge in [0.2, 0.25) is 0 Å². The molecule has 0 aliphatic carbocycles. The molecule has 0 fully saturated rings. The molecule has 0 radical (unpaired) electrons. The Balaban J connectivity index is 4.26. The number of quaternary nitrogens is 1. The zero-order valence-electron chi connectivity index (χ0n) is 33.1.